The minimum atomic E-state index is -2.39. The summed E-state index contributed by atoms with van der Waals surface area (Å²) in [5.41, 5.74) is 1.46. The Hall–Kier alpha value is -2.74. The van der Waals surface area contributed by atoms with Crippen LogP contribution >= 0.6 is 0 Å². The summed E-state index contributed by atoms with van der Waals surface area (Å²) in [6.07, 6.45) is 2.66. The highest BCUT2D eigenvalue weighted by molar-refractivity contribution is 5.86. The van der Waals surface area contributed by atoms with E-state index < -0.39 is 6.43 Å². The lowest BCUT2D eigenvalue weighted by Crippen LogP contribution is -2.39. The molecule has 29 heavy (non-hydrogen) atoms. The summed E-state index contributed by atoms with van der Waals surface area (Å²) in [7, 11) is 1.74. The van der Waals surface area contributed by atoms with E-state index in [1.165, 1.54) is 0 Å². The number of halogens is 2. The number of nitrogens with zero attached hydrogens (tertiary/aromatic N) is 4. The van der Waals surface area contributed by atoms with Crippen molar-refractivity contribution in [1.29, 1.82) is 0 Å². The molecule has 154 valence electrons. The first kappa shape index (κ1) is 19.6. The number of hydrogen-bond acceptors (Lipinski definition) is 4. The van der Waals surface area contributed by atoms with Gasteiger partial charge in [-0.15, -0.1) is 0 Å². The average Bonchev–Trinajstić information content (AvgIpc) is 3.10. The second kappa shape index (κ2) is 8.32. The molecule has 0 atom stereocenters. The van der Waals surface area contributed by atoms with Gasteiger partial charge in [0.25, 0.3) is 6.43 Å². The highest BCUT2D eigenvalue weighted by atomic mass is 19.3. The number of rotatable bonds is 6. The van der Waals surface area contributed by atoms with Crippen molar-refractivity contribution in [2.24, 2.45) is 7.05 Å². The standard InChI is InChI=1S/C21H24F2N4O2/c1-25-15(5-9-24-21(25)28)13-26-10-6-16(7-11-26)29-19-4-2-3-18-17(19)8-12-27(18)14-20(22)23/h2-5,8-9,12,16,20H,6-7,10-11,13-14H2,1H3. The molecule has 0 bridgehead atoms. The molecule has 1 aliphatic rings. The minimum absolute atomic E-state index is 0.0801. The summed E-state index contributed by atoms with van der Waals surface area (Å²) in [5, 5.41) is 0.863. The first-order valence-corrected chi connectivity index (χ1v) is 9.77. The van der Waals surface area contributed by atoms with Gasteiger partial charge in [0.15, 0.2) is 0 Å². The van der Waals surface area contributed by atoms with Gasteiger partial charge >= 0.3 is 5.69 Å². The smallest absolute Gasteiger partial charge is 0.347 e. The summed E-state index contributed by atoms with van der Waals surface area (Å²) in [5.74, 6) is 0.741. The molecule has 3 aromatic rings. The van der Waals surface area contributed by atoms with E-state index in [0.717, 1.165) is 48.3 Å². The van der Waals surface area contributed by atoms with Gasteiger partial charge in [-0.3, -0.25) is 9.47 Å². The van der Waals surface area contributed by atoms with Crippen LogP contribution < -0.4 is 10.4 Å². The third-order valence-electron chi connectivity index (χ3n) is 5.49. The number of benzene rings is 1. The topological polar surface area (TPSA) is 52.3 Å². The summed E-state index contributed by atoms with van der Waals surface area (Å²) in [6, 6.07) is 9.29. The van der Waals surface area contributed by atoms with Gasteiger partial charge in [-0.1, -0.05) is 6.07 Å². The van der Waals surface area contributed by atoms with Crippen LogP contribution in [0.2, 0.25) is 0 Å². The van der Waals surface area contributed by atoms with Crippen LogP contribution in [0.5, 0.6) is 5.75 Å². The quantitative estimate of drug-likeness (QED) is 0.636. The van der Waals surface area contributed by atoms with Crippen LogP contribution in [0, 0.1) is 0 Å². The number of hydrogen-bond donors (Lipinski definition) is 0. The van der Waals surface area contributed by atoms with Gasteiger partial charge in [0.05, 0.1) is 12.1 Å². The summed E-state index contributed by atoms with van der Waals surface area (Å²) >= 11 is 0. The molecule has 1 aromatic carbocycles. The Morgan fingerprint density at radius 3 is 2.76 bits per heavy atom. The van der Waals surface area contributed by atoms with E-state index >= 15 is 0 Å². The van der Waals surface area contributed by atoms with Gasteiger partial charge in [0, 0.05) is 50.2 Å². The zero-order valence-corrected chi connectivity index (χ0v) is 16.3. The number of likely N-dealkylation sites (tertiary alicyclic amines) is 1. The van der Waals surface area contributed by atoms with E-state index in [4.69, 9.17) is 4.74 Å². The van der Waals surface area contributed by atoms with Crippen LogP contribution in [0.25, 0.3) is 10.9 Å². The van der Waals surface area contributed by atoms with Crippen molar-refractivity contribution >= 4 is 10.9 Å². The second-order valence-corrected chi connectivity index (χ2v) is 7.42. The predicted molar refractivity (Wildman–Crippen MR) is 106 cm³/mol. The number of ether oxygens (including phenoxy) is 1. The van der Waals surface area contributed by atoms with Crippen LogP contribution in [0.3, 0.4) is 0 Å². The molecule has 8 heteroatoms. The molecular formula is C21H24F2N4O2. The molecule has 0 saturated carbocycles. The maximum atomic E-state index is 12.8. The lowest BCUT2D eigenvalue weighted by Gasteiger charge is -2.32. The Morgan fingerprint density at radius 1 is 1.21 bits per heavy atom. The van der Waals surface area contributed by atoms with Crippen molar-refractivity contribution in [3.8, 4) is 5.75 Å². The van der Waals surface area contributed by atoms with Crippen LogP contribution in [-0.2, 0) is 20.1 Å². The Bertz CT molecular complexity index is 1040. The van der Waals surface area contributed by atoms with Crippen molar-refractivity contribution in [3.05, 3.63) is 58.9 Å². The summed E-state index contributed by atoms with van der Waals surface area (Å²) < 4.78 is 34.9. The number of piperidine rings is 1. The summed E-state index contributed by atoms with van der Waals surface area (Å²) in [6.45, 7) is 2.11. The Morgan fingerprint density at radius 2 is 2.00 bits per heavy atom. The highest BCUT2D eigenvalue weighted by Gasteiger charge is 2.22. The molecule has 0 radical (unpaired) electrons. The molecule has 0 amide bonds. The van der Waals surface area contributed by atoms with E-state index in [0.29, 0.717) is 6.54 Å². The fraction of sp³-hybridized carbons (Fsp3) is 0.429. The number of alkyl halides is 2. The molecule has 1 aliphatic heterocycles. The first-order valence-electron chi connectivity index (χ1n) is 9.77. The lowest BCUT2D eigenvalue weighted by atomic mass is 10.1. The molecule has 3 heterocycles. The van der Waals surface area contributed by atoms with Gasteiger partial charge in [0.1, 0.15) is 11.9 Å². The molecule has 0 unspecified atom stereocenters. The van der Waals surface area contributed by atoms with Crippen molar-refractivity contribution < 1.29 is 13.5 Å². The van der Waals surface area contributed by atoms with Gasteiger partial charge in [-0.2, -0.15) is 0 Å². The van der Waals surface area contributed by atoms with Crippen LogP contribution in [0.15, 0.2) is 47.5 Å². The first-order chi connectivity index (χ1) is 14.0. The van der Waals surface area contributed by atoms with Crippen LogP contribution in [0.4, 0.5) is 8.78 Å². The van der Waals surface area contributed by atoms with E-state index in [1.54, 1.807) is 28.6 Å². The van der Waals surface area contributed by atoms with Crippen molar-refractivity contribution in [2.45, 2.75) is 38.5 Å². The molecule has 6 nitrogen and oxygen atoms in total. The molecule has 0 N–H and O–H groups in total. The van der Waals surface area contributed by atoms with E-state index in [-0.39, 0.29) is 18.3 Å². The molecule has 1 fully saturated rings. The predicted octanol–water partition coefficient (Wildman–Crippen LogP) is 3.04. The summed E-state index contributed by atoms with van der Waals surface area (Å²) in [4.78, 5) is 17.7. The molecule has 1 saturated heterocycles. The average molecular weight is 402 g/mol. The van der Waals surface area contributed by atoms with Gasteiger partial charge in [-0.05, 0) is 37.1 Å². The van der Waals surface area contributed by atoms with E-state index in [1.807, 2.05) is 30.3 Å². The fourth-order valence-corrected chi connectivity index (χ4v) is 3.87. The molecular weight excluding hydrogens is 378 g/mol. The monoisotopic (exact) mass is 402 g/mol. The Balaban J connectivity index is 1.39. The normalized spacial score (nSPS) is 16.0. The fourth-order valence-electron chi connectivity index (χ4n) is 3.87. The minimum Gasteiger partial charge on any atom is -0.490 e. The molecule has 2 aromatic heterocycles. The van der Waals surface area contributed by atoms with Gasteiger partial charge < -0.3 is 9.30 Å². The van der Waals surface area contributed by atoms with Gasteiger partial charge in [0.2, 0.25) is 0 Å². The largest absolute Gasteiger partial charge is 0.490 e. The molecule has 0 spiro atoms. The maximum absolute atomic E-state index is 12.8. The number of fused-ring (bicyclic) bond motifs is 1. The highest BCUT2D eigenvalue weighted by Crippen LogP contribution is 2.29. The zero-order valence-electron chi connectivity index (χ0n) is 16.3. The van der Waals surface area contributed by atoms with Crippen molar-refractivity contribution in [2.75, 3.05) is 13.1 Å². The molecule has 0 aliphatic carbocycles. The zero-order chi connectivity index (χ0) is 20.4. The van der Waals surface area contributed by atoms with E-state index in [2.05, 4.69) is 9.88 Å². The third-order valence-corrected chi connectivity index (χ3v) is 5.49. The second-order valence-electron chi connectivity index (χ2n) is 7.42. The maximum Gasteiger partial charge on any atom is 0.347 e. The SMILES string of the molecule is Cn1c(CN2CCC(Oc3cccc4c3ccn4CC(F)F)CC2)ccnc1=O. The number of aromatic nitrogens is 3. The third kappa shape index (κ3) is 4.32. The van der Waals surface area contributed by atoms with Crippen molar-refractivity contribution in [3.63, 3.8) is 0 Å². The van der Waals surface area contributed by atoms with Gasteiger partial charge in [-0.25, -0.2) is 18.6 Å². The molecule has 4 rings (SSSR count). The van der Waals surface area contributed by atoms with Crippen LogP contribution in [-0.4, -0.2) is 44.6 Å². The Kier molecular flexibility index (Phi) is 5.62. The lowest BCUT2D eigenvalue weighted by molar-refractivity contribution is 0.0965. The van der Waals surface area contributed by atoms with Crippen molar-refractivity contribution in [1.82, 2.24) is 19.0 Å². The van der Waals surface area contributed by atoms with E-state index in [9.17, 15) is 13.6 Å². The Labute approximate surface area is 167 Å². The van der Waals surface area contributed by atoms with Crippen LogP contribution in [0.1, 0.15) is 18.5 Å².